The van der Waals surface area contributed by atoms with Gasteiger partial charge in [-0.1, -0.05) is 31.4 Å². The van der Waals surface area contributed by atoms with Gasteiger partial charge in [0.25, 0.3) is 0 Å². The maximum absolute atomic E-state index is 12.2. The summed E-state index contributed by atoms with van der Waals surface area (Å²) in [7, 11) is 0. The summed E-state index contributed by atoms with van der Waals surface area (Å²) in [5.41, 5.74) is 0.0577. The molecule has 0 saturated heterocycles. The van der Waals surface area contributed by atoms with E-state index in [0.29, 0.717) is 23.8 Å². The van der Waals surface area contributed by atoms with E-state index in [2.05, 4.69) is 5.32 Å². The molecule has 7 nitrogen and oxygen atoms in total. The van der Waals surface area contributed by atoms with Crippen molar-refractivity contribution in [2.75, 3.05) is 0 Å². The zero-order chi connectivity index (χ0) is 19.4. The van der Waals surface area contributed by atoms with Crippen molar-refractivity contribution in [2.24, 2.45) is 0 Å². The van der Waals surface area contributed by atoms with Crippen LogP contribution < -0.4 is 10.9 Å². The van der Waals surface area contributed by atoms with Crippen molar-refractivity contribution in [1.82, 2.24) is 5.32 Å². The molecule has 26 heavy (non-hydrogen) atoms. The van der Waals surface area contributed by atoms with Gasteiger partial charge in [0.15, 0.2) is 0 Å². The Bertz CT molecular complexity index is 905. The third kappa shape index (κ3) is 4.35. The summed E-state index contributed by atoms with van der Waals surface area (Å²) in [6.45, 7) is 3.56. The molecule has 0 aliphatic rings. The first-order valence-electron chi connectivity index (χ1n) is 8.21. The van der Waals surface area contributed by atoms with Crippen LogP contribution in [-0.2, 0) is 16.0 Å². The number of unbranched alkanes of at least 4 members (excludes halogenated alkanes) is 1. The van der Waals surface area contributed by atoms with Crippen LogP contribution in [0.5, 0.6) is 5.75 Å². The highest BCUT2D eigenvalue weighted by atomic mass is 35.5. The van der Waals surface area contributed by atoms with Gasteiger partial charge in [-0.25, -0.2) is 9.59 Å². The Kier molecular flexibility index (Phi) is 6.26. The Labute approximate surface area is 154 Å². The van der Waals surface area contributed by atoms with E-state index < -0.39 is 23.5 Å². The van der Waals surface area contributed by atoms with Crippen molar-refractivity contribution in [3.63, 3.8) is 0 Å². The van der Waals surface area contributed by atoms with E-state index in [4.69, 9.17) is 16.0 Å². The molecule has 2 rings (SSSR count). The summed E-state index contributed by atoms with van der Waals surface area (Å²) < 4.78 is 5.16. The second-order valence-corrected chi connectivity index (χ2v) is 6.48. The molecule has 1 heterocycles. The standard InChI is InChI=1S/C18H20ClNO6/c1-3-4-5-13(17(23)24)20-16(22)7-11-9(2)10-6-12(19)14(21)8-15(10)26-18(11)25/h6,8,13,21H,3-5,7H2,1-2H3,(H,20,22)(H,23,24)/t13-/m0/s1. The van der Waals surface area contributed by atoms with Crippen molar-refractivity contribution in [1.29, 1.82) is 0 Å². The predicted molar refractivity (Wildman–Crippen MR) is 96.7 cm³/mol. The Hall–Kier alpha value is -2.54. The molecule has 1 aromatic carbocycles. The average Bonchev–Trinajstić information content (AvgIpc) is 2.57. The van der Waals surface area contributed by atoms with Crippen molar-refractivity contribution in [3.05, 3.63) is 38.7 Å². The summed E-state index contributed by atoms with van der Waals surface area (Å²) in [6, 6.07) is 1.69. The molecule has 3 N–H and O–H groups in total. The Balaban J connectivity index is 2.29. The van der Waals surface area contributed by atoms with Gasteiger partial charge in [0.05, 0.1) is 17.0 Å². The number of carboxylic acids is 1. The summed E-state index contributed by atoms with van der Waals surface area (Å²) in [4.78, 5) is 35.7. The number of nitrogens with one attached hydrogen (secondary N) is 1. The smallest absolute Gasteiger partial charge is 0.340 e. The first-order chi connectivity index (χ1) is 12.2. The second-order valence-electron chi connectivity index (χ2n) is 6.07. The summed E-state index contributed by atoms with van der Waals surface area (Å²) in [5, 5.41) is 21.8. The number of phenols is 1. The quantitative estimate of drug-likeness (QED) is 0.635. The van der Waals surface area contributed by atoms with Gasteiger partial charge in [0, 0.05) is 11.5 Å². The minimum absolute atomic E-state index is 0.0929. The molecule has 0 aliphatic carbocycles. The van der Waals surface area contributed by atoms with Crippen LogP contribution in [0.25, 0.3) is 11.0 Å². The first kappa shape index (κ1) is 19.8. The number of halogens is 1. The minimum atomic E-state index is -1.11. The van der Waals surface area contributed by atoms with Gasteiger partial charge in [-0.2, -0.15) is 0 Å². The Morgan fingerprint density at radius 3 is 2.65 bits per heavy atom. The molecule has 0 bridgehead atoms. The van der Waals surface area contributed by atoms with Crippen LogP contribution in [0, 0.1) is 6.92 Å². The lowest BCUT2D eigenvalue weighted by atomic mass is 10.0. The van der Waals surface area contributed by atoms with E-state index in [-0.39, 0.29) is 28.3 Å². The second kappa shape index (κ2) is 8.23. The van der Waals surface area contributed by atoms with Crippen LogP contribution >= 0.6 is 11.6 Å². The van der Waals surface area contributed by atoms with Gasteiger partial charge in [0.1, 0.15) is 17.4 Å². The zero-order valence-corrected chi connectivity index (χ0v) is 15.2. The number of phenolic OH excluding ortho intramolecular Hbond substituents is 1. The number of carboxylic acid groups (broad SMARTS) is 1. The molecule has 0 saturated carbocycles. The maximum atomic E-state index is 12.2. The molecule has 0 spiro atoms. The lowest BCUT2D eigenvalue weighted by Crippen LogP contribution is -2.42. The van der Waals surface area contributed by atoms with E-state index in [9.17, 15) is 24.6 Å². The largest absolute Gasteiger partial charge is 0.506 e. The molecule has 1 atom stereocenters. The van der Waals surface area contributed by atoms with Crippen LogP contribution in [0.1, 0.15) is 37.3 Å². The summed E-state index contributed by atoms with van der Waals surface area (Å²) in [5.74, 6) is -1.91. The predicted octanol–water partition coefficient (Wildman–Crippen LogP) is 2.76. The zero-order valence-electron chi connectivity index (χ0n) is 14.5. The number of hydrogen-bond acceptors (Lipinski definition) is 5. The van der Waals surface area contributed by atoms with Gasteiger partial charge in [-0.15, -0.1) is 0 Å². The van der Waals surface area contributed by atoms with Gasteiger partial charge in [-0.3, -0.25) is 4.79 Å². The number of rotatable bonds is 7. The Morgan fingerprint density at radius 1 is 1.35 bits per heavy atom. The molecule has 140 valence electrons. The van der Waals surface area contributed by atoms with Gasteiger partial charge < -0.3 is 19.9 Å². The fourth-order valence-corrected chi connectivity index (χ4v) is 2.84. The van der Waals surface area contributed by atoms with Crippen LogP contribution in [0.2, 0.25) is 5.02 Å². The topological polar surface area (TPSA) is 117 Å². The SMILES string of the molecule is CCCC[C@H](NC(=O)Cc1c(C)c2cc(Cl)c(O)cc2oc1=O)C(=O)O. The lowest BCUT2D eigenvalue weighted by Gasteiger charge is -2.14. The molecule has 0 radical (unpaired) electrons. The highest BCUT2D eigenvalue weighted by Crippen LogP contribution is 2.30. The average molecular weight is 382 g/mol. The molecule has 8 heteroatoms. The number of amides is 1. The van der Waals surface area contributed by atoms with Gasteiger partial charge in [0.2, 0.25) is 5.91 Å². The monoisotopic (exact) mass is 381 g/mol. The van der Waals surface area contributed by atoms with Crippen LogP contribution in [0.15, 0.2) is 21.3 Å². The molecule has 2 aromatic rings. The molecule has 0 fully saturated rings. The van der Waals surface area contributed by atoms with Crippen LogP contribution in [0.3, 0.4) is 0 Å². The normalized spacial score (nSPS) is 12.1. The number of aryl methyl sites for hydroxylation is 1. The molecule has 0 aliphatic heterocycles. The maximum Gasteiger partial charge on any atom is 0.340 e. The molecular formula is C18H20ClNO6. The Morgan fingerprint density at radius 2 is 2.04 bits per heavy atom. The number of carbonyl (C=O) groups is 2. The van der Waals surface area contributed by atoms with Crippen molar-refractivity contribution >= 4 is 34.4 Å². The van der Waals surface area contributed by atoms with Crippen LogP contribution in [-0.4, -0.2) is 28.1 Å². The summed E-state index contributed by atoms with van der Waals surface area (Å²) in [6.07, 6.45) is 1.48. The molecule has 0 unspecified atom stereocenters. The fraction of sp³-hybridized carbons (Fsp3) is 0.389. The van der Waals surface area contributed by atoms with Gasteiger partial charge in [-0.05, 0) is 25.0 Å². The number of aromatic hydroxyl groups is 1. The molecular weight excluding hydrogens is 362 g/mol. The highest BCUT2D eigenvalue weighted by molar-refractivity contribution is 6.32. The van der Waals surface area contributed by atoms with Crippen LogP contribution in [0.4, 0.5) is 0 Å². The number of hydrogen-bond donors (Lipinski definition) is 3. The number of aliphatic carboxylic acids is 1. The van der Waals surface area contributed by atoms with E-state index in [0.717, 1.165) is 6.42 Å². The highest BCUT2D eigenvalue weighted by Gasteiger charge is 2.22. The van der Waals surface area contributed by atoms with E-state index in [1.54, 1.807) is 6.92 Å². The fourth-order valence-electron chi connectivity index (χ4n) is 2.67. The number of fused-ring (bicyclic) bond motifs is 1. The van der Waals surface area contributed by atoms with Crippen molar-refractivity contribution in [3.8, 4) is 5.75 Å². The van der Waals surface area contributed by atoms with E-state index in [1.807, 2.05) is 6.92 Å². The van der Waals surface area contributed by atoms with Crippen molar-refractivity contribution in [2.45, 2.75) is 45.6 Å². The third-order valence-electron chi connectivity index (χ3n) is 4.17. The molecule has 1 aromatic heterocycles. The van der Waals surface area contributed by atoms with Gasteiger partial charge >= 0.3 is 11.6 Å². The third-order valence-corrected chi connectivity index (χ3v) is 4.47. The van der Waals surface area contributed by atoms with Crippen molar-refractivity contribution < 1.29 is 24.2 Å². The summed E-state index contributed by atoms with van der Waals surface area (Å²) >= 11 is 5.90. The molecule has 1 amide bonds. The minimum Gasteiger partial charge on any atom is -0.506 e. The lowest BCUT2D eigenvalue weighted by molar-refractivity contribution is -0.142. The van der Waals surface area contributed by atoms with E-state index in [1.165, 1.54) is 12.1 Å². The van der Waals surface area contributed by atoms with E-state index >= 15 is 0 Å². The number of benzene rings is 1. The number of carbonyl (C=O) groups excluding carboxylic acids is 1. The first-order valence-corrected chi connectivity index (χ1v) is 8.59.